The smallest absolute Gasteiger partial charge is 0.0883 e. The number of hydrogen-bond acceptors (Lipinski definition) is 2. The predicted octanol–water partition coefficient (Wildman–Crippen LogP) is 1.28. The van der Waals surface area contributed by atoms with Gasteiger partial charge in [0.15, 0.2) is 0 Å². The zero-order valence-corrected chi connectivity index (χ0v) is 7.58. The summed E-state index contributed by atoms with van der Waals surface area (Å²) < 4.78 is 5.47. The molecule has 0 amide bonds. The van der Waals surface area contributed by atoms with Crippen molar-refractivity contribution in [1.82, 2.24) is 4.90 Å². The van der Waals surface area contributed by atoms with Gasteiger partial charge in [-0.05, 0) is 20.9 Å². The van der Waals surface area contributed by atoms with E-state index in [2.05, 4.69) is 31.0 Å². The van der Waals surface area contributed by atoms with Gasteiger partial charge < -0.3 is 4.74 Å². The normalized spacial score (nSPS) is 32.6. The van der Waals surface area contributed by atoms with Crippen LogP contribution >= 0.6 is 0 Å². The molecule has 0 saturated heterocycles. The van der Waals surface area contributed by atoms with Crippen molar-refractivity contribution < 1.29 is 4.74 Å². The van der Waals surface area contributed by atoms with E-state index in [4.69, 9.17) is 4.74 Å². The summed E-state index contributed by atoms with van der Waals surface area (Å²) in [6.07, 6.45) is 4.67. The van der Waals surface area contributed by atoms with Crippen molar-refractivity contribution in [2.24, 2.45) is 0 Å². The second-order valence-corrected chi connectivity index (χ2v) is 3.06. The average Bonchev–Trinajstić information content (AvgIpc) is 1.98. The predicted molar refractivity (Wildman–Crippen MR) is 46.6 cm³/mol. The summed E-state index contributed by atoms with van der Waals surface area (Å²) >= 11 is 0. The van der Waals surface area contributed by atoms with Crippen LogP contribution in [-0.4, -0.2) is 37.2 Å². The van der Waals surface area contributed by atoms with Crippen LogP contribution in [0.5, 0.6) is 0 Å². The van der Waals surface area contributed by atoms with Gasteiger partial charge in [0.2, 0.25) is 0 Å². The van der Waals surface area contributed by atoms with Crippen LogP contribution in [0.1, 0.15) is 13.8 Å². The summed E-state index contributed by atoms with van der Waals surface area (Å²) in [7, 11) is 2.13. The Kier molecular flexibility index (Phi) is 3.09. The van der Waals surface area contributed by atoms with E-state index in [1.807, 2.05) is 6.92 Å². The first-order valence-electron chi connectivity index (χ1n) is 4.24. The van der Waals surface area contributed by atoms with Crippen molar-refractivity contribution in [3.63, 3.8) is 0 Å². The van der Waals surface area contributed by atoms with Crippen LogP contribution in [0.25, 0.3) is 0 Å². The minimum absolute atomic E-state index is 0.307. The minimum atomic E-state index is 0.307. The number of hydrogen-bond donors (Lipinski definition) is 0. The molecular formula is C9H17NO. The van der Waals surface area contributed by atoms with E-state index in [9.17, 15) is 0 Å². The summed E-state index contributed by atoms with van der Waals surface area (Å²) in [4.78, 5) is 2.29. The fraction of sp³-hybridized carbons (Fsp3) is 0.778. The summed E-state index contributed by atoms with van der Waals surface area (Å²) in [5.41, 5.74) is 0. The maximum Gasteiger partial charge on any atom is 0.0883 e. The lowest BCUT2D eigenvalue weighted by Crippen LogP contribution is -2.38. The first-order chi connectivity index (χ1) is 5.24. The van der Waals surface area contributed by atoms with Gasteiger partial charge in [0.1, 0.15) is 0 Å². The highest BCUT2D eigenvalue weighted by Gasteiger charge is 2.16. The molecule has 1 unspecified atom stereocenters. The van der Waals surface area contributed by atoms with Crippen LogP contribution in [0, 0.1) is 0 Å². The highest BCUT2D eigenvalue weighted by Crippen LogP contribution is 2.09. The Balaban J connectivity index is 2.43. The molecule has 1 aliphatic rings. The van der Waals surface area contributed by atoms with Crippen LogP contribution in [0.3, 0.4) is 0 Å². The molecule has 0 radical (unpaired) electrons. The van der Waals surface area contributed by atoms with Crippen molar-refractivity contribution in [1.29, 1.82) is 0 Å². The Morgan fingerprint density at radius 1 is 1.55 bits per heavy atom. The Hall–Kier alpha value is -0.340. The zero-order valence-electron chi connectivity index (χ0n) is 7.58. The minimum Gasteiger partial charge on any atom is -0.373 e. The molecule has 0 aliphatic carbocycles. The molecule has 0 spiro atoms. The molecule has 2 nitrogen and oxygen atoms in total. The highest BCUT2D eigenvalue weighted by atomic mass is 16.5. The molecule has 0 aromatic rings. The molecule has 64 valence electrons. The van der Waals surface area contributed by atoms with Crippen LogP contribution < -0.4 is 0 Å². The van der Waals surface area contributed by atoms with Crippen molar-refractivity contribution in [3.8, 4) is 0 Å². The first kappa shape index (κ1) is 8.75. The van der Waals surface area contributed by atoms with Crippen molar-refractivity contribution >= 4 is 0 Å². The van der Waals surface area contributed by atoms with Gasteiger partial charge in [0.05, 0.1) is 6.10 Å². The Labute approximate surface area is 68.8 Å². The van der Waals surface area contributed by atoms with E-state index in [0.717, 1.165) is 13.2 Å². The molecule has 11 heavy (non-hydrogen) atoms. The fourth-order valence-corrected chi connectivity index (χ4v) is 1.26. The molecule has 0 bridgehead atoms. The van der Waals surface area contributed by atoms with E-state index < -0.39 is 0 Å². The van der Waals surface area contributed by atoms with Crippen LogP contribution in [0.2, 0.25) is 0 Å². The highest BCUT2D eigenvalue weighted by molar-refractivity contribution is 5.02. The maximum atomic E-state index is 5.47. The maximum absolute atomic E-state index is 5.47. The molecule has 2 heteroatoms. The largest absolute Gasteiger partial charge is 0.373 e. The second-order valence-electron chi connectivity index (χ2n) is 3.06. The third-order valence-corrected chi connectivity index (χ3v) is 2.15. The molecule has 1 rings (SSSR count). The van der Waals surface area contributed by atoms with Crippen molar-refractivity contribution in [3.05, 3.63) is 12.2 Å². The van der Waals surface area contributed by atoms with Crippen molar-refractivity contribution in [2.75, 3.05) is 20.2 Å². The molecule has 0 fully saturated rings. The fourth-order valence-electron chi connectivity index (χ4n) is 1.26. The summed E-state index contributed by atoms with van der Waals surface area (Å²) in [5.74, 6) is 0. The lowest BCUT2D eigenvalue weighted by Gasteiger charge is -2.30. The van der Waals surface area contributed by atoms with Gasteiger partial charge >= 0.3 is 0 Å². The number of nitrogens with zero attached hydrogens (tertiary/aromatic N) is 1. The number of ether oxygens (including phenoxy) is 1. The van der Waals surface area contributed by atoms with Gasteiger partial charge in [-0.3, -0.25) is 4.90 Å². The Morgan fingerprint density at radius 3 is 2.82 bits per heavy atom. The van der Waals surface area contributed by atoms with Crippen molar-refractivity contribution in [2.45, 2.75) is 26.0 Å². The second kappa shape index (κ2) is 3.88. The standard InChI is InChI=1S/C9H17NO/c1-4-11-9-6-5-8(2)10(3)7-9/h5-6,8-9H,4,7H2,1-3H3/t8-,9?/m1/s1. The molecule has 0 aromatic carbocycles. The van der Waals surface area contributed by atoms with E-state index in [1.54, 1.807) is 0 Å². The SMILES string of the molecule is CCOC1C=C[C@@H](C)N(C)C1. The van der Waals surface area contributed by atoms with E-state index in [-0.39, 0.29) is 0 Å². The van der Waals surface area contributed by atoms with E-state index in [1.165, 1.54) is 0 Å². The van der Waals surface area contributed by atoms with E-state index >= 15 is 0 Å². The van der Waals surface area contributed by atoms with Gasteiger partial charge in [-0.15, -0.1) is 0 Å². The molecule has 0 aromatic heterocycles. The molecule has 0 N–H and O–H groups in total. The Morgan fingerprint density at radius 2 is 2.27 bits per heavy atom. The van der Waals surface area contributed by atoms with Gasteiger partial charge in [-0.25, -0.2) is 0 Å². The summed E-state index contributed by atoms with van der Waals surface area (Å²) in [6.45, 7) is 6.05. The van der Waals surface area contributed by atoms with Crippen LogP contribution in [-0.2, 0) is 4.74 Å². The zero-order chi connectivity index (χ0) is 8.27. The van der Waals surface area contributed by atoms with Gasteiger partial charge in [-0.2, -0.15) is 0 Å². The number of likely N-dealkylation sites (N-methyl/N-ethyl adjacent to an activating group) is 1. The van der Waals surface area contributed by atoms with E-state index in [0.29, 0.717) is 12.1 Å². The van der Waals surface area contributed by atoms with Gasteiger partial charge in [0, 0.05) is 19.2 Å². The first-order valence-corrected chi connectivity index (χ1v) is 4.24. The van der Waals surface area contributed by atoms with Gasteiger partial charge in [0.25, 0.3) is 0 Å². The summed E-state index contributed by atoms with van der Waals surface area (Å²) in [5, 5.41) is 0. The van der Waals surface area contributed by atoms with Crippen LogP contribution in [0.4, 0.5) is 0 Å². The molecule has 0 saturated carbocycles. The topological polar surface area (TPSA) is 12.5 Å². The molecule has 2 atom stereocenters. The average molecular weight is 155 g/mol. The summed E-state index contributed by atoms with van der Waals surface area (Å²) in [6, 6.07) is 0.562. The quantitative estimate of drug-likeness (QED) is 0.557. The number of rotatable bonds is 2. The lowest BCUT2D eigenvalue weighted by atomic mass is 10.1. The molecule has 1 heterocycles. The Bertz CT molecular complexity index is 144. The lowest BCUT2D eigenvalue weighted by molar-refractivity contribution is 0.0582. The molecular weight excluding hydrogens is 138 g/mol. The molecule has 1 aliphatic heterocycles. The third-order valence-electron chi connectivity index (χ3n) is 2.15. The van der Waals surface area contributed by atoms with Gasteiger partial charge in [-0.1, -0.05) is 12.2 Å². The monoisotopic (exact) mass is 155 g/mol. The third kappa shape index (κ3) is 2.31. The van der Waals surface area contributed by atoms with Crippen LogP contribution in [0.15, 0.2) is 12.2 Å².